The molecule has 23 heavy (non-hydrogen) atoms. The summed E-state index contributed by atoms with van der Waals surface area (Å²) in [4.78, 5) is 23.4. The standard InChI is InChI=1S/C15H15BrN2O4S/c1-21-12-6-9(2-3-11(12)22-8-13(17)19)7-18-15(20)14-10(16)4-5-23-14/h2-6H,7-8H2,1H3,(H2,17,19)(H,18,20). The van der Waals surface area contributed by atoms with Gasteiger partial charge in [0, 0.05) is 11.0 Å². The van der Waals surface area contributed by atoms with Crippen LogP contribution in [0.4, 0.5) is 0 Å². The number of methoxy groups -OCH3 is 1. The van der Waals surface area contributed by atoms with E-state index < -0.39 is 5.91 Å². The molecule has 0 radical (unpaired) electrons. The van der Waals surface area contributed by atoms with E-state index in [2.05, 4.69) is 21.2 Å². The second-order valence-corrected chi connectivity index (χ2v) is 6.29. The van der Waals surface area contributed by atoms with Crippen LogP contribution in [-0.4, -0.2) is 25.5 Å². The fourth-order valence-corrected chi connectivity index (χ4v) is 3.28. The Morgan fingerprint density at radius 2 is 2.09 bits per heavy atom. The summed E-state index contributed by atoms with van der Waals surface area (Å²) in [5, 5.41) is 4.67. The van der Waals surface area contributed by atoms with Crippen LogP contribution >= 0.6 is 27.3 Å². The second-order valence-electron chi connectivity index (χ2n) is 4.52. The van der Waals surface area contributed by atoms with Crippen molar-refractivity contribution in [3.05, 3.63) is 44.6 Å². The van der Waals surface area contributed by atoms with Gasteiger partial charge in [0.25, 0.3) is 11.8 Å². The molecule has 2 aromatic rings. The van der Waals surface area contributed by atoms with Crippen molar-refractivity contribution in [2.45, 2.75) is 6.54 Å². The van der Waals surface area contributed by atoms with Gasteiger partial charge in [0.2, 0.25) is 0 Å². The normalized spacial score (nSPS) is 10.2. The van der Waals surface area contributed by atoms with Gasteiger partial charge in [-0.05, 0) is 45.1 Å². The lowest BCUT2D eigenvalue weighted by atomic mass is 10.2. The third-order valence-electron chi connectivity index (χ3n) is 2.87. The molecule has 0 aliphatic carbocycles. The minimum absolute atomic E-state index is 0.153. The molecule has 8 heteroatoms. The number of halogens is 1. The number of nitrogens with two attached hydrogens (primary N) is 1. The molecule has 2 amide bonds. The molecule has 0 spiro atoms. The van der Waals surface area contributed by atoms with Crippen molar-refractivity contribution in [3.63, 3.8) is 0 Å². The first-order valence-corrected chi connectivity index (χ1v) is 8.27. The highest BCUT2D eigenvalue weighted by Crippen LogP contribution is 2.28. The molecule has 6 nitrogen and oxygen atoms in total. The van der Waals surface area contributed by atoms with Crippen LogP contribution in [0.15, 0.2) is 34.1 Å². The fraction of sp³-hybridized carbons (Fsp3) is 0.200. The number of thiophene rings is 1. The number of benzene rings is 1. The fourth-order valence-electron chi connectivity index (χ4n) is 1.81. The predicted molar refractivity (Wildman–Crippen MR) is 90.9 cm³/mol. The quantitative estimate of drug-likeness (QED) is 0.748. The molecule has 0 saturated carbocycles. The second kappa shape index (κ2) is 7.98. The number of amides is 2. The third kappa shape index (κ3) is 4.70. The van der Waals surface area contributed by atoms with Crippen LogP contribution in [0.2, 0.25) is 0 Å². The van der Waals surface area contributed by atoms with Crippen LogP contribution in [0.3, 0.4) is 0 Å². The van der Waals surface area contributed by atoms with Crippen molar-refractivity contribution in [2.24, 2.45) is 5.73 Å². The number of nitrogens with one attached hydrogen (secondary N) is 1. The van der Waals surface area contributed by atoms with E-state index in [1.165, 1.54) is 18.4 Å². The SMILES string of the molecule is COc1cc(CNC(=O)c2sccc2Br)ccc1OCC(N)=O. The molecule has 1 aromatic carbocycles. The Hall–Kier alpha value is -2.06. The van der Waals surface area contributed by atoms with Crippen LogP contribution in [0, 0.1) is 0 Å². The summed E-state index contributed by atoms with van der Waals surface area (Å²) < 4.78 is 11.2. The Morgan fingerprint density at radius 1 is 1.30 bits per heavy atom. The Bertz CT molecular complexity index is 717. The molecule has 1 heterocycles. The predicted octanol–water partition coefficient (Wildman–Crippen LogP) is 2.31. The van der Waals surface area contributed by atoms with Gasteiger partial charge in [-0.1, -0.05) is 6.07 Å². The first kappa shape index (κ1) is 17.3. The first-order chi connectivity index (χ1) is 11.0. The van der Waals surface area contributed by atoms with Gasteiger partial charge in [0.1, 0.15) is 4.88 Å². The Labute approximate surface area is 145 Å². The molecule has 122 valence electrons. The zero-order valence-corrected chi connectivity index (χ0v) is 14.7. The van der Waals surface area contributed by atoms with E-state index in [1.54, 1.807) is 18.2 Å². The number of carbonyl (C=O) groups is 2. The number of primary amides is 1. The van der Waals surface area contributed by atoms with Gasteiger partial charge in [-0.15, -0.1) is 11.3 Å². The van der Waals surface area contributed by atoms with E-state index in [1.807, 2.05) is 11.4 Å². The smallest absolute Gasteiger partial charge is 0.262 e. The topological polar surface area (TPSA) is 90.7 Å². The van der Waals surface area contributed by atoms with Gasteiger partial charge >= 0.3 is 0 Å². The summed E-state index contributed by atoms with van der Waals surface area (Å²) in [6, 6.07) is 7.01. The van der Waals surface area contributed by atoms with Crippen LogP contribution in [0.5, 0.6) is 11.5 Å². The number of carbonyl (C=O) groups excluding carboxylic acids is 2. The molecule has 2 rings (SSSR count). The summed E-state index contributed by atoms with van der Waals surface area (Å²) in [6.07, 6.45) is 0. The van der Waals surface area contributed by atoms with Crippen molar-refractivity contribution >= 4 is 39.1 Å². The Balaban J connectivity index is 2.02. The number of rotatable bonds is 7. The summed E-state index contributed by atoms with van der Waals surface area (Å²) in [5.74, 6) is 0.169. The number of hydrogen-bond donors (Lipinski definition) is 2. The maximum absolute atomic E-state index is 12.1. The molecule has 0 unspecified atom stereocenters. The van der Waals surface area contributed by atoms with Crippen LogP contribution in [-0.2, 0) is 11.3 Å². The van der Waals surface area contributed by atoms with E-state index in [0.717, 1.165) is 10.0 Å². The molecule has 0 atom stereocenters. The summed E-state index contributed by atoms with van der Waals surface area (Å²) in [5.41, 5.74) is 5.89. The largest absolute Gasteiger partial charge is 0.493 e. The van der Waals surface area contributed by atoms with Crippen LogP contribution in [0.25, 0.3) is 0 Å². The lowest BCUT2D eigenvalue weighted by Gasteiger charge is -2.11. The molecular formula is C15H15BrN2O4S. The minimum Gasteiger partial charge on any atom is -0.493 e. The first-order valence-electron chi connectivity index (χ1n) is 6.60. The van der Waals surface area contributed by atoms with Crippen molar-refractivity contribution < 1.29 is 19.1 Å². The zero-order chi connectivity index (χ0) is 16.8. The molecule has 0 aliphatic rings. The van der Waals surface area contributed by atoms with Gasteiger partial charge in [-0.3, -0.25) is 9.59 Å². The Kier molecular flexibility index (Phi) is 6.00. The van der Waals surface area contributed by atoms with Gasteiger partial charge in [-0.2, -0.15) is 0 Å². The van der Waals surface area contributed by atoms with Crippen LogP contribution in [0.1, 0.15) is 15.2 Å². The molecule has 0 bridgehead atoms. The van der Waals surface area contributed by atoms with Gasteiger partial charge < -0.3 is 20.5 Å². The van der Waals surface area contributed by atoms with E-state index in [-0.39, 0.29) is 12.5 Å². The average Bonchev–Trinajstić information content (AvgIpc) is 2.97. The maximum atomic E-state index is 12.1. The average molecular weight is 399 g/mol. The van der Waals surface area contributed by atoms with Crippen molar-refractivity contribution in [3.8, 4) is 11.5 Å². The Morgan fingerprint density at radius 3 is 2.70 bits per heavy atom. The molecule has 0 fully saturated rings. The lowest BCUT2D eigenvalue weighted by molar-refractivity contribution is -0.119. The summed E-state index contributed by atoms with van der Waals surface area (Å²) >= 11 is 4.69. The monoisotopic (exact) mass is 398 g/mol. The van der Waals surface area contributed by atoms with E-state index in [0.29, 0.717) is 22.9 Å². The van der Waals surface area contributed by atoms with Crippen molar-refractivity contribution in [1.82, 2.24) is 5.32 Å². The maximum Gasteiger partial charge on any atom is 0.262 e. The van der Waals surface area contributed by atoms with Gasteiger partial charge in [0.05, 0.1) is 7.11 Å². The highest BCUT2D eigenvalue weighted by Gasteiger charge is 2.12. The molecule has 1 aromatic heterocycles. The number of hydrogen-bond acceptors (Lipinski definition) is 5. The molecule has 0 aliphatic heterocycles. The minimum atomic E-state index is -0.565. The van der Waals surface area contributed by atoms with Crippen molar-refractivity contribution in [1.29, 1.82) is 0 Å². The van der Waals surface area contributed by atoms with Gasteiger partial charge in [0.15, 0.2) is 18.1 Å². The lowest BCUT2D eigenvalue weighted by Crippen LogP contribution is -2.22. The van der Waals surface area contributed by atoms with Gasteiger partial charge in [-0.25, -0.2) is 0 Å². The highest BCUT2D eigenvalue weighted by molar-refractivity contribution is 9.10. The molecular weight excluding hydrogens is 384 g/mol. The summed E-state index contributed by atoms with van der Waals surface area (Å²) in [7, 11) is 1.50. The van der Waals surface area contributed by atoms with E-state index in [9.17, 15) is 9.59 Å². The molecule has 3 N–H and O–H groups in total. The van der Waals surface area contributed by atoms with E-state index >= 15 is 0 Å². The van der Waals surface area contributed by atoms with E-state index in [4.69, 9.17) is 15.2 Å². The third-order valence-corrected chi connectivity index (χ3v) is 4.71. The summed E-state index contributed by atoms with van der Waals surface area (Å²) in [6.45, 7) is 0.120. The van der Waals surface area contributed by atoms with Crippen LogP contribution < -0.4 is 20.5 Å². The zero-order valence-electron chi connectivity index (χ0n) is 12.3. The number of ether oxygens (including phenoxy) is 2. The molecule has 0 saturated heterocycles. The van der Waals surface area contributed by atoms with Crippen molar-refractivity contribution in [2.75, 3.05) is 13.7 Å². The highest BCUT2D eigenvalue weighted by atomic mass is 79.9.